The van der Waals surface area contributed by atoms with Crippen molar-refractivity contribution in [2.45, 2.75) is 0 Å². The van der Waals surface area contributed by atoms with Crippen LogP contribution in [0.3, 0.4) is 0 Å². The van der Waals surface area contributed by atoms with E-state index in [4.69, 9.17) is 5.73 Å². The van der Waals surface area contributed by atoms with Crippen LogP contribution in [0.5, 0.6) is 0 Å². The van der Waals surface area contributed by atoms with Gasteiger partial charge in [-0.1, -0.05) is 0 Å². The summed E-state index contributed by atoms with van der Waals surface area (Å²) in [5, 5.41) is 0.953. The minimum atomic E-state index is -0.597. The first kappa shape index (κ1) is 6.03. The minimum Gasteiger partial charge on any atom is -0.366 e. The minimum absolute atomic E-state index is 0.115. The van der Waals surface area contributed by atoms with Crippen LogP contribution in [0.15, 0.2) is 17.2 Å². The Morgan fingerprint density at radius 2 is 2.27 bits per heavy atom. The Kier molecular flexibility index (Phi) is 0.910. The zero-order valence-corrected chi connectivity index (χ0v) is 5.50. The average Bonchev–Trinajstić information content (AvgIpc) is 2.63. The molecule has 0 saturated carbocycles. The van der Waals surface area contributed by atoms with E-state index >= 15 is 0 Å². The summed E-state index contributed by atoms with van der Waals surface area (Å²) in [6.45, 7) is 0. The lowest BCUT2D eigenvalue weighted by molar-refractivity contribution is 0.100. The van der Waals surface area contributed by atoms with Gasteiger partial charge in [0.15, 0.2) is 5.43 Å². The topological polar surface area (TPSA) is 73.1 Å². The molecular formula is C7H4N2O2. The van der Waals surface area contributed by atoms with Crippen molar-refractivity contribution in [2.24, 2.45) is 5.73 Å². The Labute approximate surface area is 61.3 Å². The third-order valence-electron chi connectivity index (χ3n) is 1.62. The van der Waals surface area contributed by atoms with Gasteiger partial charge in [-0.25, -0.2) is 0 Å². The lowest BCUT2D eigenvalue weighted by atomic mass is 10.3. The monoisotopic (exact) mass is 150 g/mol. The van der Waals surface area contributed by atoms with Gasteiger partial charge >= 0.3 is 0 Å². The Bertz CT molecular complexity index is 451. The first-order valence-corrected chi connectivity index (χ1v) is 3.04. The van der Waals surface area contributed by atoms with Crippen molar-refractivity contribution in [1.82, 2.24) is 4.98 Å². The summed E-state index contributed by atoms with van der Waals surface area (Å²) in [6, 6.07) is 0. The maximum absolute atomic E-state index is 10.8. The smallest absolute Gasteiger partial charge is 0.251 e. The number of aromatic nitrogens is 1. The molecule has 2 aromatic rings. The molecule has 0 bridgehead atoms. The fourth-order valence-corrected chi connectivity index (χ4v) is 1.01. The van der Waals surface area contributed by atoms with Crippen molar-refractivity contribution in [3.05, 3.63) is 28.2 Å². The van der Waals surface area contributed by atoms with Crippen LogP contribution in [0.1, 0.15) is 10.4 Å². The number of carbonyl (C=O) groups excluding carboxylic acids is 1. The van der Waals surface area contributed by atoms with Gasteiger partial charge < -0.3 is 5.73 Å². The maximum Gasteiger partial charge on any atom is 0.251 e. The van der Waals surface area contributed by atoms with E-state index < -0.39 is 5.91 Å². The van der Waals surface area contributed by atoms with Gasteiger partial charge in [0.05, 0.1) is 10.9 Å². The number of primary amides is 1. The molecule has 2 rings (SSSR count). The van der Waals surface area contributed by atoms with Crippen LogP contribution in [0, 0.1) is 0 Å². The van der Waals surface area contributed by atoms with Gasteiger partial charge in [-0.05, 0) is 0 Å². The van der Waals surface area contributed by atoms with Crippen molar-refractivity contribution in [2.75, 3.05) is 0 Å². The first-order valence-electron chi connectivity index (χ1n) is 3.04. The van der Waals surface area contributed by atoms with Gasteiger partial charge in [-0.15, -0.1) is 0 Å². The number of fused-ring (bicyclic) bond motifs is 1. The summed E-state index contributed by atoms with van der Waals surface area (Å²) in [6.07, 6.45) is 2.75. The lowest BCUT2D eigenvalue weighted by Gasteiger charge is -1.87. The van der Waals surface area contributed by atoms with Crippen LogP contribution in [0.25, 0.3) is 10.8 Å². The highest BCUT2D eigenvalue weighted by Crippen LogP contribution is 2.16. The van der Waals surface area contributed by atoms with Gasteiger partial charge in [-0.3, -0.25) is 14.6 Å². The van der Waals surface area contributed by atoms with E-state index in [0.717, 1.165) is 0 Å². The van der Waals surface area contributed by atoms with Crippen LogP contribution < -0.4 is 11.2 Å². The van der Waals surface area contributed by atoms with Crippen LogP contribution in [-0.2, 0) is 0 Å². The molecule has 1 heterocycles. The number of rotatable bonds is 1. The quantitative estimate of drug-likeness (QED) is 0.599. The third-order valence-corrected chi connectivity index (χ3v) is 1.62. The molecule has 54 valence electrons. The number of amides is 1. The summed E-state index contributed by atoms with van der Waals surface area (Å²) in [5.74, 6) is -0.597. The molecular weight excluding hydrogens is 146 g/mol. The highest BCUT2D eigenvalue weighted by molar-refractivity contribution is 6.12. The average molecular weight is 150 g/mol. The highest BCUT2D eigenvalue weighted by Gasteiger charge is 2.19. The Hall–Kier alpha value is -1.71. The van der Waals surface area contributed by atoms with Gasteiger partial charge in [-0.2, -0.15) is 0 Å². The summed E-state index contributed by atoms with van der Waals surface area (Å²) in [5.41, 5.74) is 5.09. The van der Waals surface area contributed by atoms with Crippen LogP contribution >= 0.6 is 0 Å². The molecule has 11 heavy (non-hydrogen) atoms. The standard InChI is InChI=1S/C7H4N2O2/c8-7(11)4-2-9-1-3-5(4)6(3)10/h1-2H,(H2,8,11)/i6+2. The molecule has 0 saturated heterocycles. The van der Waals surface area contributed by atoms with Crippen LogP contribution in [0.4, 0.5) is 0 Å². The normalized spacial score (nSPS) is 10.9. The van der Waals surface area contributed by atoms with E-state index in [2.05, 4.69) is 4.98 Å². The molecule has 1 amide bonds. The lowest BCUT2D eigenvalue weighted by Crippen LogP contribution is -2.10. The molecule has 0 spiro atoms. The number of hydrogen-bond acceptors (Lipinski definition) is 3. The highest BCUT2D eigenvalue weighted by atomic mass is 16.3. The fourth-order valence-electron chi connectivity index (χ4n) is 1.01. The van der Waals surface area contributed by atoms with Gasteiger partial charge in [0, 0.05) is 17.8 Å². The van der Waals surface area contributed by atoms with E-state index in [9.17, 15) is 9.59 Å². The SMILES string of the molecule is NC(=O)c1cncc2c1[14c]2=O. The summed E-state index contributed by atoms with van der Waals surface area (Å²) < 4.78 is 0. The zero-order chi connectivity index (χ0) is 8.01. The number of hydrogen-bond donors (Lipinski definition) is 1. The summed E-state index contributed by atoms with van der Waals surface area (Å²) in [7, 11) is 0. The fraction of sp³-hybridized carbons (Fsp3) is 0. The Balaban J connectivity index is 2.79. The molecule has 0 fully saturated rings. The van der Waals surface area contributed by atoms with Crippen molar-refractivity contribution in [3.63, 3.8) is 0 Å². The second-order valence-electron chi connectivity index (χ2n) is 2.30. The molecule has 2 N–H and O–H groups in total. The molecule has 4 nitrogen and oxygen atoms in total. The van der Waals surface area contributed by atoms with E-state index in [1.807, 2.05) is 0 Å². The first-order chi connectivity index (χ1) is 5.22. The second kappa shape index (κ2) is 1.66. The maximum atomic E-state index is 10.8. The molecule has 0 unspecified atom stereocenters. The molecule has 0 aliphatic carbocycles. The van der Waals surface area contributed by atoms with E-state index in [0.29, 0.717) is 10.8 Å². The zero-order valence-electron chi connectivity index (χ0n) is 5.50. The van der Waals surface area contributed by atoms with Crippen LogP contribution in [0.2, 0.25) is 0 Å². The second-order valence-corrected chi connectivity index (χ2v) is 2.30. The van der Waals surface area contributed by atoms with E-state index in [-0.39, 0.29) is 11.0 Å². The number of carbonyl (C=O) groups is 1. The Morgan fingerprint density at radius 3 is 2.82 bits per heavy atom. The summed E-state index contributed by atoms with van der Waals surface area (Å²) >= 11 is 0. The largest absolute Gasteiger partial charge is 0.366 e. The van der Waals surface area contributed by atoms with Gasteiger partial charge in [0.1, 0.15) is 0 Å². The molecule has 0 radical (unpaired) electrons. The van der Waals surface area contributed by atoms with Crippen molar-refractivity contribution in [1.29, 1.82) is 0 Å². The molecule has 0 atom stereocenters. The molecule has 1 aromatic heterocycles. The van der Waals surface area contributed by atoms with Crippen molar-refractivity contribution in [3.8, 4) is 0 Å². The van der Waals surface area contributed by atoms with E-state index in [1.54, 1.807) is 0 Å². The van der Waals surface area contributed by atoms with Crippen LogP contribution in [-0.4, -0.2) is 10.9 Å². The van der Waals surface area contributed by atoms with Gasteiger partial charge in [0.25, 0.3) is 5.91 Å². The predicted octanol–water partition coefficient (Wildman–Crippen LogP) is -0.431. The molecule has 0 aliphatic rings. The number of pyridine rings is 1. The number of nitrogens with two attached hydrogens (primary N) is 1. The third kappa shape index (κ3) is 0.660. The van der Waals surface area contributed by atoms with Gasteiger partial charge in [0.2, 0.25) is 0 Å². The summed E-state index contributed by atoms with van der Waals surface area (Å²) in [4.78, 5) is 25.1. The predicted molar refractivity (Wildman–Crippen MR) is 38.9 cm³/mol. The van der Waals surface area contributed by atoms with Crippen molar-refractivity contribution < 1.29 is 4.79 Å². The Morgan fingerprint density at radius 1 is 1.55 bits per heavy atom. The number of nitrogens with zero attached hydrogens (tertiary/aromatic N) is 1. The van der Waals surface area contributed by atoms with Crippen molar-refractivity contribution >= 4 is 16.7 Å². The van der Waals surface area contributed by atoms with E-state index in [1.165, 1.54) is 12.4 Å². The molecule has 1 aromatic carbocycles. The molecule has 4 heteroatoms. The molecule has 0 aliphatic heterocycles.